The Balaban J connectivity index is 1.59. The smallest absolute Gasteiger partial charge is 0.259 e. The predicted octanol–water partition coefficient (Wildman–Crippen LogP) is 4.20. The Morgan fingerprint density at radius 2 is 2.06 bits per heavy atom. The van der Waals surface area contributed by atoms with Gasteiger partial charge in [-0.25, -0.2) is 19.3 Å². The molecule has 0 aliphatic carbocycles. The van der Waals surface area contributed by atoms with Crippen LogP contribution in [0.25, 0.3) is 11.5 Å². The summed E-state index contributed by atoms with van der Waals surface area (Å²) in [6.07, 6.45) is 4.47. The molecule has 1 N–H and O–H groups in total. The van der Waals surface area contributed by atoms with Gasteiger partial charge >= 0.3 is 0 Å². The lowest BCUT2D eigenvalue weighted by molar-refractivity contribution is 0.102. The van der Waals surface area contributed by atoms with E-state index in [1.807, 2.05) is 18.4 Å². The highest BCUT2D eigenvalue weighted by molar-refractivity contribution is 6.04. The number of anilines is 1. The molecular weight excluding hydrogens is 413 g/mol. The zero-order chi connectivity index (χ0) is 22.7. The summed E-state index contributed by atoms with van der Waals surface area (Å²) >= 11 is 0. The molecule has 4 rings (SSSR count). The maximum atomic E-state index is 14.6. The number of nitrogens with zero attached hydrogens (tertiary/aromatic N) is 6. The zero-order valence-corrected chi connectivity index (χ0v) is 17.7. The fourth-order valence-electron chi connectivity index (χ4n) is 3.00. The highest BCUT2D eigenvalue weighted by atomic mass is 19.1. The van der Waals surface area contributed by atoms with E-state index in [9.17, 15) is 9.18 Å². The van der Waals surface area contributed by atoms with Crippen LogP contribution in [-0.4, -0.2) is 35.6 Å². The average molecular weight is 433 g/mol. The van der Waals surface area contributed by atoms with Gasteiger partial charge < -0.3 is 14.6 Å². The monoisotopic (exact) mass is 433 g/mol. The molecule has 0 bridgehead atoms. The van der Waals surface area contributed by atoms with Crippen LogP contribution in [-0.2, 0) is 0 Å². The van der Waals surface area contributed by atoms with Crippen molar-refractivity contribution in [1.82, 2.24) is 29.7 Å². The third-order valence-corrected chi connectivity index (χ3v) is 4.63. The van der Waals surface area contributed by atoms with Crippen molar-refractivity contribution in [3.05, 3.63) is 72.2 Å². The molecule has 0 spiro atoms. The second-order valence-corrected chi connectivity index (χ2v) is 7.26. The van der Waals surface area contributed by atoms with E-state index in [0.717, 1.165) is 0 Å². The molecule has 1 amide bonds. The Kier molecular flexibility index (Phi) is 5.84. The van der Waals surface area contributed by atoms with Crippen LogP contribution in [0.4, 0.5) is 10.2 Å². The normalized spacial score (nSPS) is 10.9. The Morgan fingerprint density at radius 1 is 1.22 bits per heavy atom. The van der Waals surface area contributed by atoms with Crippen LogP contribution in [0.5, 0.6) is 11.6 Å². The van der Waals surface area contributed by atoms with E-state index in [1.165, 1.54) is 24.7 Å². The predicted molar refractivity (Wildman–Crippen MR) is 115 cm³/mol. The number of aryl methyl sites for hydroxylation is 1. The number of rotatable bonds is 6. The van der Waals surface area contributed by atoms with Crippen molar-refractivity contribution in [3.8, 4) is 23.1 Å². The summed E-state index contributed by atoms with van der Waals surface area (Å²) in [7, 11) is 0. The molecule has 0 aliphatic heterocycles. The van der Waals surface area contributed by atoms with Gasteiger partial charge in [0.1, 0.15) is 35.7 Å². The molecule has 0 unspecified atom stereocenters. The van der Waals surface area contributed by atoms with E-state index in [-0.39, 0.29) is 23.3 Å². The van der Waals surface area contributed by atoms with Crippen molar-refractivity contribution >= 4 is 11.7 Å². The number of nitrogens with one attached hydrogen (secondary N) is 1. The minimum Gasteiger partial charge on any atom is -0.439 e. The van der Waals surface area contributed by atoms with Crippen LogP contribution in [0.2, 0.25) is 0 Å². The van der Waals surface area contributed by atoms with E-state index in [0.29, 0.717) is 22.8 Å². The van der Waals surface area contributed by atoms with Crippen molar-refractivity contribution < 1.29 is 13.9 Å². The summed E-state index contributed by atoms with van der Waals surface area (Å²) in [6.45, 7) is 5.68. The molecule has 0 fully saturated rings. The minimum absolute atomic E-state index is 0.134. The summed E-state index contributed by atoms with van der Waals surface area (Å²) < 4.78 is 22.1. The molecule has 162 valence electrons. The lowest BCUT2D eigenvalue weighted by atomic mass is 10.1. The molecule has 3 aromatic heterocycles. The van der Waals surface area contributed by atoms with Gasteiger partial charge in [0.15, 0.2) is 5.82 Å². The first kappa shape index (κ1) is 21.0. The van der Waals surface area contributed by atoms with Crippen LogP contribution >= 0.6 is 0 Å². The minimum atomic E-state index is -0.675. The van der Waals surface area contributed by atoms with Gasteiger partial charge in [0.25, 0.3) is 5.91 Å². The van der Waals surface area contributed by atoms with E-state index < -0.39 is 11.7 Å². The number of halogens is 1. The molecule has 1 aromatic carbocycles. The van der Waals surface area contributed by atoms with Gasteiger partial charge in [-0.3, -0.25) is 4.79 Å². The molecule has 3 heterocycles. The van der Waals surface area contributed by atoms with Crippen molar-refractivity contribution in [1.29, 1.82) is 0 Å². The lowest BCUT2D eigenvalue weighted by Crippen LogP contribution is -2.15. The number of ether oxygens (including phenoxy) is 1. The summed E-state index contributed by atoms with van der Waals surface area (Å²) in [5, 5.41) is 10.7. The quantitative estimate of drug-likeness (QED) is 0.485. The SMILES string of the molecule is Cc1cc(F)c(C(=O)Nc2cccc(-c3nncn3C(C)C)n2)cc1Oc1ccncn1. The number of hydrogen-bond acceptors (Lipinski definition) is 7. The maximum Gasteiger partial charge on any atom is 0.259 e. The summed E-state index contributed by atoms with van der Waals surface area (Å²) in [4.78, 5) is 25.1. The molecule has 0 aliphatic rings. The molecular formula is C22H20FN7O2. The molecule has 32 heavy (non-hydrogen) atoms. The zero-order valence-electron chi connectivity index (χ0n) is 17.7. The summed E-state index contributed by atoms with van der Waals surface area (Å²) in [5.41, 5.74) is 0.870. The first-order valence-electron chi connectivity index (χ1n) is 9.84. The molecule has 4 aromatic rings. The highest BCUT2D eigenvalue weighted by Crippen LogP contribution is 2.27. The van der Waals surface area contributed by atoms with Crippen molar-refractivity contribution in [2.24, 2.45) is 0 Å². The fraction of sp³-hybridized carbons (Fsp3) is 0.182. The van der Waals surface area contributed by atoms with Crippen molar-refractivity contribution in [3.63, 3.8) is 0 Å². The summed E-state index contributed by atoms with van der Waals surface area (Å²) in [6, 6.07) is 9.37. The van der Waals surface area contributed by atoms with E-state index in [4.69, 9.17) is 4.74 Å². The van der Waals surface area contributed by atoms with Gasteiger partial charge in [-0.15, -0.1) is 10.2 Å². The molecule has 9 nitrogen and oxygen atoms in total. The fourth-order valence-corrected chi connectivity index (χ4v) is 3.00. The summed E-state index contributed by atoms with van der Waals surface area (Å²) in [5.74, 6) is 0.0738. The second kappa shape index (κ2) is 8.88. The Hall–Kier alpha value is -4.21. The van der Waals surface area contributed by atoms with Crippen LogP contribution in [0.15, 0.2) is 55.2 Å². The van der Waals surface area contributed by atoms with Crippen molar-refractivity contribution in [2.45, 2.75) is 26.8 Å². The first-order valence-corrected chi connectivity index (χ1v) is 9.84. The topological polar surface area (TPSA) is 108 Å². The van der Waals surface area contributed by atoms with Crippen molar-refractivity contribution in [2.75, 3.05) is 5.32 Å². The number of amides is 1. The van der Waals surface area contributed by atoms with E-state index in [1.54, 1.807) is 37.5 Å². The standard InChI is InChI=1S/C22H20FN7O2/c1-13(2)30-12-26-29-21(30)17-5-4-6-19(27-17)28-22(31)15-10-18(14(3)9-16(15)23)32-20-7-8-24-11-25-20/h4-13H,1-3H3,(H,27,28,31). The van der Waals surface area contributed by atoms with Gasteiger partial charge in [0.05, 0.1) is 5.56 Å². The number of carbonyl (C=O) groups excluding carboxylic acids is 1. The number of aromatic nitrogens is 6. The number of hydrogen-bond donors (Lipinski definition) is 1. The van der Waals surface area contributed by atoms with Crippen LogP contribution in [0, 0.1) is 12.7 Å². The molecule has 0 saturated heterocycles. The van der Waals surface area contributed by atoms with Crippen LogP contribution in [0.3, 0.4) is 0 Å². The van der Waals surface area contributed by atoms with Gasteiger partial charge in [0, 0.05) is 18.3 Å². The number of pyridine rings is 1. The van der Waals surface area contributed by atoms with Crippen LogP contribution in [0.1, 0.15) is 35.8 Å². The Labute approximate surface area is 183 Å². The maximum absolute atomic E-state index is 14.6. The van der Waals surface area contributed by atoms with Gasteiger partial charge in [0.2, 0.25) is 5.88 Å². The average Bonchev–Trinajstić information content (AvgIpc) is 3.27. The van der Waals surface area contributed by atoms with E-state index in [2.05, 4.69) is 30.5 Å². The number of carbonyl (C=O) groups is 1. The lowest BCUT2D eigenvalue weighted by Gasteiger charge is -2.12. The Bertz CT molecular complexity index is 1260. The molecule has 10 heteroatoms. The van der Waals surface area contributed by atoms with E-state index >= 15 is 0 Å². The molecule has 0 radical (unpaired) electrons. The third-order valence-electron chi connectivity index (χ3n) is 4.63. The molecule has 0 saturated carbocycles. The van der Waals surface area contributed by atoms with Gasteiger partial charge in [-0.1, -0.05) is 6.07 Å². The Morgan fingerprint density at radius 3 is 2.81 bits per heavy atom. The third kappa shape index (κ3) is 4.43. The van der Waals surface area contributed by atoms with Gasteiger partial charge in [-0.2, -0.15) is 0 Å². The van der Waals surface area contributed by atoms with Gasteiger partial charge in [-0.05, 0) is 50.6 Å². The second-order valence-electron chi connectivity index (χ2n) is 7.26. The van der Waals surface area contributed by atoms with Crippen LogP contribution < -0.4 is 10.1 Å². The first-order chi connectivity index (χ1) is 15.4. The largest absolute Gasteiger partial charge is 0.439 e. The number of benzene rings is 1. The highest BCUT2D eigenvalue weighted by Gasteiger charge is 2.18. The molecule has 0 atom stereocenters.